The zero-order valence-electron chi connectivity index (χ0n) is 9.48. The third-order valence-corrected chi connectivity index (χ3v) is 3.28. The van der Waals surface area contributed by atoms with Crippen molar-refractivity contribution in [1.82, 2.24) is 10.2 Å². The van der Waals surface area contributed by atoms with Crippen LogP contribution in [0.5, 0.6) is 0 Å². The van der Waals surface area contributed by atoms with E-state index in [9.17, 15) is 14.4 Å². The van der Waals surface area contributed by atoms with Crippen LogP contribution in [0.3, 0.4) is 0 Å². The Bertz CT molecular complexity index is 303. The first kappa shape index (κ1) is 13.8. The fraction of sp³-hybridized carbons (Fsp3) is 0.700. The van der Waals surface area contributed by atoms with Gasteiger partial charge in [-0.3, -0.25) is 14.9 Å². The van der Waals surface area contributed by atoms with Crippen LogP contribution >= 0.6 is 11.8 Å². The molecule has 0 aliphatic carbocycles. The molecule has 2 N–H and O–H groups in total. The van der Waals surface area contributed by atoms with Gasteiger partial charge < -0.3 is 10.0 Å². The molecule has 0 unspecified atom stereocenters. The maximum absolute atomic E-state index is 11.6. The normalized spacial score (nSPS) is 15.4. The minimum atomic E-state index is -0.933. The van der Waals surface area contributed by atoms with E-state index in [1.807, 2.05) is 0 Å². The number of rotatable bonds is 4. The molecule has 96 valence electrons. The summed E-state index contributed by atoms with van der Waals surface area (Å²) >= 11 is 1.78. The van der Waals surface area contributed by atoms with Crippen molar-refractivity contribution in [3.05, 3.63) is 0 Å². The predicted molar refractivity (Wildman–Crippen MR) is 63.9 cm³/mol. The lowest BCUT2D eigenvalue weighted by Crippen LogP contribution is -2.46. The Morgan fingerprint density at radius 1 is 1.18 bits per heavy atom. The smallest absolute Gasteiger partial charge is 0.324 e. The average molecular weight is 260 g/mol. The summed E-state index contributed by atoms with van der Waals surface area (Å²) in [5, 5.41) is 10.7. The van der Waals surface area contributed by atoms with Crippen molar-refractivity contribution in [1.29, 1.82) is 0 Å². The average Bonchev–Trinajstić information content (AvgIpc) is 2.29. The van der Waals surface area contributed by atoms with E-state index < -0.39 is 11.9 Å². The van der Waals surface area contributed by atoms with Crippen molar-refractivity contribution in [2.45, 2.75) is 19.3 Å². The number of nitrogens with one attached hydrogen (secondary N) is 1. The molecule has 6 nitrogen and oxygen atoms in total. The molecule has 0 radical (unpaired) electrons. The summed E-state index contributed by atoms with van der Waals surface area (Å²) in [6.07, 6.45) is 0.271. The predicted octanol–water partition coefficient (Wildman–Crippen LogP) is 0.526. The number of amides is 3. The van der Waals surface area contributed by atoms with Crippen molar-refractivity contribution in [2.75, 3.05) is 24.6 Å². The SMILES string of the molecule is O=C(O)CCCC(=O)NC(=O)N1CCSCC1. The van der Waals surface area contributed by atoms with Gasteiger partial charge in [-0.05, 0) is 6.42 Å². The monoisotopic (exact) mass is 260 g/mol. The van der Waals surface area contributed by atoms with Crippen molar-refractivity contribution < 1.29 is 19.5 Å². The van der Waals surface area contributed by atoms with Crippen molar-refractivity contribution in [3.8, 4) is 0 Å². The largest absolute Gasteiger partial charge is 0.481 e. The lowest BCUT2D eigenvalue weighted by atomic mass is 10.2. The summed E-state index contributed by atoms with van der Waals surface area (Å²) in [6.45, 7) is 1.30. The molecule has 3 amide bonds. The van der Waals surface area contributed by atoms with Crippen LogP contribution in [-0.4, -0.2) is 52.5 Å². The van der Waals surface area contributed by atoms with Gasteiger partial charge >= 0.3 is 12.0 Å². The van der Waals surface area contributed by atoms with Crippen LogP contribution in [0.4, 0.5) is 4.79 Å². The fourth-order valence-electron chi connectivity index (χ4n) is 1.43. The molecule has 1 aliphatic heterocycles. The highest BCUT2D eigenvalue weighted by Crippen LogP contribution is 2.08. The van der Waals surface area contributed by atoms with E-state index in [1.54, 1.807) is 16.7 Å². The number of aliphatic carboxylic acids is 1. The van der Waals surface area contributed by atoms with E-state index in [0.717, 1.165) is 11.5 Å². The first-order valence-electron chi connectivity index (χ1n) is 5.48. The standard InChI is InChI=1S/C10H16N2O4S/c13-8(2-1-3-9(14)15)11-10(16)12-4-6-17-7-5-12/h1-7H2,(H,14,15)(H,11,13,16). The lowest BCUT2D eigenvalue weighted by molar-refractivity contribution is -0.137. The molecule has 17 heavy (non-hydrogen) atoms. The van der Waals surface area contributed by atoms with Gasteiger partial charge in [0, 0.05) is 37.4 Å². The third-order valence-electron chi connectivity index (χ3n) is 2.34. The summed E-state index contributed by atoms with van der Waals surface area (Å²) in [7, 11) is 0. The molecule has 0 spiro atoms. The van der Waals surface area contributed by atoms with Crippen LogP contribution < -0.4 is 5.32 Å². The van der Waals surface area contributed by atoms with E-state index in [-0.39, 0.29) is 25.3 Å². The van der Waals surface area contributed by atoms with Gasteiger partial charge in [-0.1, -0.05) is 0 Å². The first-order valence-corrected chi connectivity index (χ1v) is 6.63. The summed E-state index contributed by atoms with van der Waals surface area (Å²) in [5.74, 6) is 0.438. The number of carboxylic acid groups (broad SMARTS) is 1. The number of hydrogen-bond donors (Lipinski definition) is 2. The Balaban J connectivity index is 2.20. The summed E-state index contributed by atoms with van der Waals surface area (Å²) < 4.78 is 0. The molecule has 0 aromatic carbocycles. The van der Waals surface area contributed by atoms with Crippen LogP contribution in [0.25, 0.3) is 0 Å². The number of urea groups is 1. The quantitative estimate of drug-likeness (QED) is 0.770. The molecule has 0 aromatic heterocycles. The highest BCUT2D eigenvalue weighted by molar-refractivity contribution is 7.99. The van der Waals surface area contributed by atoms with E-state index >= 15 is 0 Å². The van der Waals surface area contributed by atoms with Gasteiger partial charge in [-0.2, -0.15) is 11.8 Å². The van der Waals surface area contributed by atoms with Crippen LogP contribution in [0.15, 0.2) is 0 Å². The zero-order chi connectivity index (χ0) is 12.7. The number of thioether (sulfide) groups is 1. The summed E-state index contributed by atoms with van der Waals surface area (Å²) in [4.78, 5) is 34.7. The molecule has 1 saturated heterocycles. The highest BCUT2D eigenvalue weighted by atomic mass is 32.2. The maximum atomic E-state index is 11.6. The zero-order valence-corrected chi connectivity index (χ0v) is 10.3. The van der Waals surface area contributed by atoms with E-state index in [2.05, 4.69) is 5.32 Å². The third kappa shape index (κ3) is 5.58. The van der Waals surface area contributed by atoms with E-state index in [1.165, 1.54) is 0 Å². The van der Waals surface area contributed by atoms with Crippen LogP contribution in [0, 0.1) is 0 Å². The fourth-order valence-corrected chi connectivity index (χ4v) is 2.33. The van der Waals surface area contributed by atoms with Gasteiger partial charge in [0.15, 0.2) is 0 Å². The number of imide groups is 1. The van der Waals surface area contributed by atoms with Crippen LogP contribution in [-0.2, 0) is 9.59 Å². The minimum Gasteiger partial charge on any atom is -0.481 e. The van der Waals surface area contributed by atoms with Gasteiger partial charge in [-0.15, -0.1) is 0 Å². The van der Waals surface area contributed by atoms with Gasteiger partial charge in [0.25, 0.3) is 0 Å². The lowest BCUT2D eigenvalue weighted by Gasteiger charge is -2.26. The maximum Gasteiger partial charge on any atom is 0.324 e. The van der Waals surface area contributed by atoms with Crippen LogP contribution in [0.1, 0.15) is 19.3 Å². The number of carbonyl (C=O) groups is 3. The Hall–Kier alpha value is -1.24. The highest BCUT2D eigenvalue weighted by Gasteiger charge is 2.18. The second-order valence-corrected chi connectivity index (χ2v) is 4.92. The Morgan fingerprint density at radius 3 is 2.41 bits per heavy atom. The molecule has 0 saturated carbocycles. The van der Waals surface area contributed by atoms with Crippen molar-refractivity contribution >= 4 is 29.7 Å². The second-order valence-electron chi connectivity index (χ2n) is 3.70. The molecule has 1 fully saturated rings. The van der Waals surface area contributed by atoms with E-state index in [0.29, 0.717) is 13.1 Å². The Labute approximate surface area is 104 Å². The Morgan fingerprint density at radius 2 is 1.82 bits per heavy atom. The molecule has 1 aliphatic rings. The molecule has 1 heterocycles. The molecular weight excluding hydrogens is 244 g/mol. The van der Waals surface area contributed by atoms with Gasteiger partial charge in [-0.25, -0.2) is 4.79 Å². The number of hydrogen-bond acceptors (Lipinski definition) is 4. The molecular formula is C10H16N2O4S. The number of carbonyl (C=O) groups excluding carboxylic acids is 2. The topological polar surface area (TPSA) is 86.7 Å². The molecule has 7 heteroatoms. The van der Waals surface area contributed by atoms with Crippen LogP contribution in [0.2, 0.25) is 0 Å². The number of nitrogens with zero attached hydrogens (tertiary/aromatic N) is 1. The molecule has 0 aromatic rings. The second kappa shape index (κ2) is 7.16. The van der Waals surface area contributed by atoms with Gasteiger partial charge in [0.05, 0.1) is 0 Å². The summed E-state index contributed by atoms with van der Waals surface area (Å²) in [5.41, 5.74) is 0. The summed E-state index contributed by atoms with van der Waals surface area (Å²) in [6, 6.07) is -0.370. The molecule has 0 bridgehead atoms. The van der Waals surface area contributed by atoms with Crippen molar-refractivity contribution in [3.63, 3.8) is 0 Å². The van der Waals surface area contributed by atoms with Gasteiger partial charge in [0.2, 0.25) is 5.91 Å². The van der Waals surface area contributed by atoms with Crippen molar-refractivity contribution in [2.24, 2.45) is 0 Å². The molecule has 1 rings (SSSR count). The molecule has 0 atom stereocenters. The minimum absolute atomic E-state index is 0.0536. The van der Waals surface area contributed by atoms with E-state index in [4.69, 9.17) is 5.11 Å². The Kier molecular flexibility index (Phi) is 5.82. The van der Waals surface area contributed by atoms with Gasteiger partial charge in [0.1, 0.15) is 0 Å². The number of carboxylic acids is 1. The first-order chi connectivity index (χ1) is 8.09.